The lowest BCUT2D eigenvalue weighted by Crippen LogP contribution is -2.33. The standard InChI is InChI=1S/C16H22FNO2/c1-10-4-5-11(2)14(8-10)18-15-9-12(16(19)20-3)6-7-13(15)17/h6-7,9-11,14,18H,4-5,8H2,1-3H3. The van der Waals surface area contributed by atoms with Crippen molar-refractivity contribution >= 4 is 11.7 Å². The molecule has 3 atom stereocenters. The Balaban J connectivity index is 2.17. The number of hydrogen-bond donors (Lipinski definition) is 1. The van der Waals surface area contributed by atoms with E-state index in [1.807, 2.05) is 0 Å². The maximum atomic E-state index is 13.9. The molecule has 1 aliphatic rings. The number of nitrogens with one attached hydrogen (secondary N) is 1. The van der Waals surface area contributed by atoms with Crippen LogP contribution in [0.5, 0.6) is 0 Å². The van der Waals surface area contributed by atoms with E-state index in [0.717, 1.165) is 12.8 Å². The first-order valence-corrected chi connectivity index (χ1v) is 7.15. The van der Waals surface area contributed by atoms with E-state index in [1.54, 1.807) is 0 Å². The van der Waals surface area contributed by atoms with Crippen molar-refractivity contribution in [2.45, 2.75) is 39.2 Å². The van der Waals surface area contributed by atoms with Crippen LogP contribution in [0.3, 0.4) is 0 Å². The minimum absolute atomic E-state index is 0.251. The summed E-state index contributed by atoms with van der Waals surface area (Å²) in [4.78, 5) is 11.5. The fourth-order valence-electron chi connectivity index (χ4n) is 2.81. The van der Waals surface area contributed by atoms with Crippen molar-refractivity contribution in [1.82, 2.24) is 0 Å². The zero-order valence-corrected chi connectivity index (χ0v) is 12.3. The maximum absolute atomic E-state index is 13.9. The first kappa shape index (κ1) is 14.8. The van der Waals surface area contributed by atoms with Crippen molar-refractivity contribution in [2.24, 2.45) is 11.8 Å². The molecule has 1 N–H and O–H groups in total. The number of esters is 1. The highest BCUT2D eigenvalue weighted by atomic mass is 19.1. The van der Waals surface area contributed by atoms with E-state index in [2.05, 4.69) is 23.9 Å². The van der Waals surface area contributed by atoms with Gasteiger partial charge in [-0.15, -0.1) is 0 Å². The quantitative estimate of drug-likeness (QED) is 0.854. The predicted octanol–water partition coefficient (Wildman–Crippen LogP) is 3.85. The van der Waals surface area contributed by atoms with Gasteiger partial charge >= 0.3 is 5.97 Å². The minimum atomic E-state index is -0.446. The van der Waals surface area contributed by atoms with E-state index in [-0.39, 0.29) is 11.9 Å². The van der Waals surface area contributed by atoms with Gasteiger partial charge in [0.2, 0.25) is 0 Å². The van der Waals surface area contributed by atoms with Crippen LogP contribution in [0.25, 0.3) is 0 Å². The van der Waals surface area contributed by atoms with Crippen molar-refractivity contribution < 1.29 is 13.9 Å². The molecular formula is C16H22FNO2. The third-order valence-electron chi connectivity index (χ3n) is 4.19. The van der Waals surface area contributed by atoms with Gasteiger partial charge in [0.25, 0.3) is 0 Å². The number of anilines is 1. The van der Waals surface area contributed by atoms with E-state index in [9.17, 15) is 9.18 Å². The van der Waals surface area contributed by atoms with Crippen molar-refractivity contribution in [1.29, 1.82) is 0 Å². The van der Waals surface area contributed by atoms with Crippen LogP contribution < -0.4 is 5.32 Å². The fraction of sp³-hybridized carbons (Fsp3) is 0.562. The van der Waals surface area contributed by atoms with Gasteiger partial charge in [0.05, 0.1) is 18.4 Å². The van der Waals surface area contributed by atoms with Crippen molar-refractivity contribution in [3.05, 3.63) is 29.6 Å². The first-order chi connectivity index (χ1) is 9.51. The molecule has 1 saturated carbocycles. The topological polar surface area (TPSA) is 38.3 Å². The summed E-state index contributed by atoms with van der Waals surface area (Å²) < 4.78 is 18.6. The highest BCUT2D eigenvalue weighted by molar-refractivity contribution is 5.90. The zero-order valence-electron chi connectivity index (χ0n) is 12.3. The first-order valence-electron chi connectivity index (χ1n) is 7.15. The Labute approximate surface area is 119 Å². The molecule has 0 aromatic heterocycles. The molecule has 1 aromatic rings. The third kappa shape index (κ3) is 3.30. The Morgan fingerprint density at radius 2 is 2.10 bits per heavy atom. The SMILES string of the molecule is COC(=O)c1ccc(F)c(NC2CC(C)CCC2C)c1. The van der Waals surface area contributed by atoms with Crippen LogP contribution in [0.1, 0.15) is 43.5 Å². The summed E-state index contributed by atoms with van der Waals surface area (Å²) in [6, 6.07) is 4.54. The largest absolute Gasteiger partial charge is 0.465 e. The second-order valence-electron chi connectivity index (χ2n) is 5.83. The van der Waals surface area contributed by atoms with E-state index in [0.29, 0.717) is 23.1 Å². The van der Waals surface area contributed by atoms with E-state index < -0.39 is 5.97 Å². The summed E-state index contributed by atoms with van der Waals surface area (Å²) in [6.07, 6.45) is 3.41. The summed E-state index contributed by atoms with van der Waals surface area (Å²) in [7, 11) is 1.32. The molecule has 1 fully saturated rings. The van der Waals surface area contributed by atoms with Gasteiger partial charge in [-0.3, -0.25) is 0 Å². The molecule has 0 saturated heterocycles. The number of methoxy groups -OCH3 is 1. The Morgan fingerprint density at radius 3 is 2.80 bits per heavy atom. The molecule has 0 spiro atoms. The molecular weight excluding hydrogens is 257 g/mol. The highest BCUT2D eigenvalue weighted by Gasteiger charge is 2.26. The summed E-state index contributed by atoms with van der Waals surface area (Å²) in [5.74, 6) is 0.379. The Morgan fingerprint density at radius 1 is 1.35 bits per heavy atom. The van der Waals surface area contributed by atoms with Gasteiger partial charge in [-0.25, -0.2) is 9.18 Å². The average Bonchev–Trinajstić information content (AvgIpc) is 2.44. The summed E-state index contributed by atoms with van der Waals surface area (Å²) in [6.45, 7) is 4.41. The number of halogens is 1. The van der Waals surface area contributed by atoms with Gasteiger partial charge in [-0.1, -0.05) is 20.3 Å². The number of benzene rings is 1. The maximum Gasteiger partial charge on any atom is 0.337 e. The minimum Gasteiger partial charge on any atom is -0.465 e. The molecule has 3 nitrogen and oxygen atoms in total. The van der Waals surface area contributed by atoms with Crippen LogP contribution in [0.2, 0.25) is 0 Å². The van der Waals surface area contributed by atoms with Gasteiger partial charge in [-0.05, 0) is 42.9 Å². The molecule has 0 radical (unpaired) electrons. The molecule has 0 aliphatic heterocycles. The smallest absolute Gasteiger partial charge is 0.337 e. The van der Waals surface area contributed by atoms with Crippen molar-refractivity contribution in [2.75, 3.05) is 12.4 Å². The highest BCUT2D eigenvalue weighted by Crippen LogP contribution is 2.31. The lowest BCUT2D eigenvalue weighted by Gasteiger charge is -2.34. The fourth-order valence-corrected chi connectivity index (χ4v) is 2.81. The van der Waals surface area contributed by atoms with Crippen molar-refractivity contribution in [3.63, 3.8) is 0 Å². The number of carbonyl (C=O) groups excluding carboxylic acids is 1. The van der Waals surface area contributed by atoms with Crippen molar-refractivity contribution in [3.8, 4) is 0 Å². The zero-order chi connectivity index (χ0) is 14.7. The van der Waals surface area contributed by atoms with Crippen LogP contribution >= 0.6 is 0 Å². The average molecular weight is 279 g/mol. The van der Waals surface area contributed by atoms with Crippen LogP contribution in [-0.2, 0) is 4.74 Å². The summed E-state index contributed by atoms with van der Waals surface area (Å²) in [5, 5.41) is 3.27. The molecule has 20 heavy (non-hydrogen) atoms. The van der Waals surface area contributed by atoms with Gasteiger partial charge in [-0.2, -0.15) is 0 Å². The molecule has 110 valence electrons. The summed E-state index contributed by atoms with van der Waals surface area (Å²) >= 11 is 0. The lowest BCUT2D eigenvalue weighted by molar-refractivity contribution is 0.0600. The van der Waals surface area contributed by atoms with Gasteiger partial charge < -0.3 is 10.1 Å². The summed E-state index contributed by atoms with van der Waals surface area (Å²) in [5.41, 5.74) is 0.756. The Kier molecular flexibility index (Phi) is 4.63. The molecule has 0 amide bonds. The lowest BCUT2D eigenvalue weighted by atomic mass is 9.80. The number of ether oxygens (including phenoxy) is 1. The van der Waals surface area contributed by atoms with Gasteiger partial charge in [0.15, 0.2) is 0 Å². The van der Waals surface area contributed by atoms with Gasteiger partial charge in [0.1, 0.15) is 5.82 Å². The van der Waals surface area contributed by atoms with E-state index in [1.165, 1.54) is 31.7 Å². The number of rotatable bonds is 3. The third-order valence-corrected chi connectivity index (χ3v) is 4.19. The normalized spacial score (nSPS) is 26.1. The molecule has 3 unspecified atom stereocenters. The number of carbonyl (C=O) groups is 1. The van der Waals surface area contributed by atoms with Crippen LogP contribution in [0.4, 0.5) is 10.1 Å². The molecule has 0 heterocycles. The Bertz CT molecular complexity index is 489. The number of hydrogen-bond acceptors (Lipinski definition) is 3. The molecule has 1 aromatic carbocycles. The van der Waals surface area contributed by atoms with Crippen LogP contribution in [0.15, 0.2) is 18.2 Å². The molecule has 2 rings (SSSR count). The van der Waals surface area contributed by atoms with E-state index in [4.69, 9.17) is 0 Å². The van der Waals surface area contributed by atoms with Crippen LogP contribution in [-0.4, -0.2) is 19.1 Å². The molecule has 4 heteroatoms. The Hall–Kier alpha value is -1.58. The molecule has 0 bridgehead atoms. The monoisotopic (exact) mass is 279 g/mol. The van der Waals surface area contributed by atoms with Gasteiger partial charge in [0, 0.05) is 6.04 Å². The second-order valence-corrected chi connectivity index (χ2v) is 5.83. The molecule has 1 aliphatic carbocycles. The predicted molar refractivity (Wildman–Crippen MR) is 77.3 cm³/mol. The second kappa shape index (κ2) is 6.25. The van der Waals surface area contributed by atoms with Crippen LogP contribution in [0, 0.1) is 17.7 Å². The van der Waals surface area contributed by atoms with E-state index >= 15 is 0 Å².